The average molecular weight is 694 g/mol. The second-order valence-electron chi connectivity index (χ2n) is 14.9. The molecule has 0 atom stereocenters. The zero-order chi connectivity index (χ0) is 35.3. The predicted octanol–water partition coefficient (Wildman–Crippen LogP) is 15.0. The third-order valence-electron chi connectivity index (χ3n) is 11.6. The highest BCUT2D eigenvalue weighted by atomic mass is 32.1. The maximum Gasteiger partial charge on any atom is 0.0468 e. The molecule has 0 unspecified atom stereocenters. The summed E-state index contributed by atoms with van der Waals surface area (Å²) in [6.45, 7) is 4.72. The highest BCUT2D eigenvalue weighted by Crippen LogP contribution is 2.51. The van der Waals surface area contributed by atoms with Gasteiger partial charge in [0.2, 0.25) is 0 Å². The van der Waals surface area contributed by atoms with E-state index in [4.69, 9.17) is 0 Å². The van der Waals surface area contributed by atoms with Gasteiger partial charge in [-0.25, -0.2) is 0 Å². The van der Waals surface area contributed by atoms with E-state index in [0.29, 0.717) is 0 Å². The van der Waals surface area contributed by atoms with Crippen molar-refractivity contribution in [2.45, 2.75) is 19.3 Å². The van der Waals surface area contributed by atoms with E-state index in [1.54, 1.807) is 0 Å². The Morgan fingerprint density at radius 2 is 0.981 bits per heavy atom. The van der Waals surface area contributed by atoms with Crippen LogP contribution in [0.1, 0.15) is 25.0 Å². The Kier molecular flexibility index (Phi) is 6.53. The van der Waals surface area contributed by atoms with Crippen LogP contribution in [0.2, 0.25) is 0 Å². The van der Waals surface area contributed by atoms with Crippen LogP contribution in [0, 0.1) is 0 Å². The third kappa shape index (κ3) is 4.62. The van der Waals surface area contributed by atoms with E-state index < -0.39 is 0 Å². The fraction of sp³-hybridized carbons (Fsp3) is 0.0588. The number of thiophene rings is 1. The second-order valence-corrected chi connectivity index (χ2v) is 16.0. The molecule has 250 valence electrons. The number of anilines is 3. The summed E-state index contributed by atoms with van der Waals surface area (Å²) in [6.07, 6.45) is 0. The van der Waals surface area contributed by atoms with Crippen molar-refractivity contribution in [1.82, 2.24) is 0 Å². The maximum atomic E-state index is 2.44. The zero-order valence-electron chi connectivity index (χ0n) is 29.6. The molecule has 1 nitrogen and oxygen atoms in total. The minimum Gasteiger partial charge on any atom is -0.310 e. The van der Waals surface area contributed by atoms with E-state index in [9.17, 15) is 0 Å². The summed E-state index contributed by atoms with van der Waals surface area (Å²) in [5.41, 5.74) is 11.3. The molecule has 0 saturated carbocycles. The number of rotatable bonds is 4. The number of benzene rings is 9. The SMILES string of the molecule is CC1(C)c2ccccc2-c2ccc(N(c3ccc(-c4ccc5c(ccc6c7ccccc7ccc56)c4)cc3)c3ccc4sc5ccccc5c4c3)cc21. The molecule has 9 aromatic carbocycles. The molecule has 2 heteroatoms. The molecule has 53 heavy (non-hydrogen) atoms. The van der Waals surface area contributed by atoms with Gasteiger partial charge < -0.3 is 4.90 Å². The normalized spacial score (nSPS) is 13.2. The summed E-state index contributed by atoms with van der Waals surface area (Å²) in [7, 11) is 0. The predicted molar refractivity (Wildman–Crippen MR) is 230 cm³/mol. The third-order valence-corrected chi connectivity index (χ3v) is 12.8. The molecule has 1 heterocycles. The van der Waals surface area contributed by atoms with Gasteiger partial charge in [-0.3, -0.25) is 0 Å². The highest BCUT2D eigenvalue weighted by Gasteiger charge is 2.35. The van der Waals surface area contributed by atoms with Crippen LogP contribution in [-0.4, -0.2) is 0 Å². The Morgan fingerprint density at radius 3 is 1.85 bits per heavy atom. The van der Waals surface area contributed by atoms with Crippen LogP contribution in [0.15, 0.2) is 176 Å². The highest BCUT2D eigenvalue weighted by molar-refractivity contribution is 7.25. The molecule has 0 amide bonds. The van der Waals surface area contributed by atoms with Crippen LogP contribution in [0.4, 0.5) is 17.1 Å². The molecule has 1 aliphatic rings. The van der Waals surface area contributed by atoms with Gasteiger partial charge in [0.05, 0.1) is 0 Å². The van der Waals surface area contributed by atoms with Crippen molar-refractivity contribution in [2.24, 2.45) is 0 Å². The van der Waals surface area contributed by atoms with Gasteiger partial charge >= 0.3 is 0 Å². The molecule has 11 rings (SSSR count). The van der Waals surface area contributed by atoms with Crippen molar-refractivity contribution in [2.75, 3.05) is 4.90 Å². The fourth-order valence-electron chi connectivity index (χ4n) is 8.94. The molecule has 0 spiro atoms. The summed E-state index contributed by atoms with van der Waals surface area (Å²) in [5.74, 6) is 0. The first-order valence-electron chi connectivity index (χ1n) is 18.4. The van der Waals surface area contributed by atoms with Crippen LogP contribution in [-0.2, 0) is 5.41 Å². The lowest BCUT2D eigenvalue weighted by Gasteiger charge is -2.28. The van der Waals surface area contributed by atoms with Gasteiger partial charge in [-0.1, -0.05) is 135 Å². The largest absolute Gasteiger partial charge is 0.310 e. The number of nitrogens with zero attached hydrogens (tertiary/aromatic N) is 1. The second kappa shape index (κ2) is 11.4. The Labute approximate surface area is 313 Å². The topological polar surface area (TPSA) is 3.24 Å². The molecule has 0 radical (unpaired) electrons. The van der Waals surface area contributed by atoms with Gasteiger partial charge in [-0.05, 0) is 120 Å². The molecule has 10 aromatic rings. The molecule has 0 aliphatic heterocycles. The maximum absolute atomic E-state index is 2.44. The van der Waals surface area contributed by atoms with Crippen molar-refractivity contribution in [3.05, 3.63) is 187 Å². The summed E-state index contributed by atoms with van der Waals surface area (Å²) in [5, 5.41) is 10.4. The molecule has 0 fully saturated rings. The Hall–Kier alpha value is -6.22. The van der Waals surface area contributed by atoms with Gasteiger partial charge in [0, 0.05) is 42.6 Å². The van der Waals surface area contributed by atoms with Crippen molar-refractivity contribution < 1.29 is 0 Å². The monoisotopic (exact) mass is 693 g/mol. The minimum absolute atomic E-state index is 0.0838. The summed E-state index contributed by atoms with van der Waals surface area (Å²) < 4.78 is 2.64. The van der Waals surface area contributed by atoms with Crippen LogP contribution in [0.25, 0.3) is 74.7 Å². The number of hydrogen-bond donors (Lipinski definition) is 0. The molecular weight excluding hydrogens is 659 g/mol. The molecule has 1 aromatic heterocycles. The van der Waals surface area contributed by atoms with E-state index in [2.05, 4.69) is 195 Å². The Balaban J connectivity index is 1.03. The molecule has 0 bridgehead atoms. The van der Waals surface area contributed by atoms with Gasteiger partial charge in [-0.15, -0.1) is 11.3 Å². The lowest BCUT2D eigenvalue weighted by molar-refractivity contribution is 0.660. The van der Waals surface area contributed by atoms with Crippen molar-refractivity contribution in [3.63, 3.8) is 0 Å². The van der Waals surface area contributed by atoms with Crippen molar-refractivity contribution in [1.29, 1.82) is 0 Å². The summed E-state index contributed by atoms with van der Waals surface area (Å²) in [6, 6.07) is 65.5. The van der Waals surface area contributed by atoms with Crippen LogP contribution in [0.3, 0.4) is 0 Å². The fourth-order valence-corrected chi connectivity index (χ4v) is 10.0. The zero-order valence-corrected chi connectivity index (χ0v) is 30.4. The Morgan fingerprint density at radius 1 is 0.377 bits per heavy atom. The van der Waals surface area contributed by atoms with E-state index in [0.717, 1.165) is 11.4 Å². The van der Waals surface area contributed by atoms with Gasteiger partial charge in [0.25, 0.3) is 0 Å². The molecule has 0 N–H and O–H groups in total. The quantitative estimate of drug-likeness (QED) is 0.166. The summed E-state index contributed by atoms with van der Waals surface area (Å²) >= 11 is 1.87. The smallest absolute Gasteiger partial charge is 0.0468 e. The first kappa shape index (κ1) is 30.4. The number of hydrogen-bond acceptors (Lipinski definition) is 2. The minimum atomic E-state index is -0.0838. The van der Waals surface area contributed by atoms with Crippen molar-refractivity contribution >= 4 is 80.9 Å². The van der Waals surface area contributed by atoms with Crippen LogP contribution in [0.5, 0.6) is 0 Å². The van der Waals surface area contributed by atoms with Crippen LogP contribution < -0.4 is 4.90 Å². The lowest BCUT2D eigenvalue weighted by Crippen LogP contribution is -2.16. The van der Waals surface area contributed by atoms with E-state index in [1.165, 1.54) is 91.6 Å². The standard InChI is InChI=1S/C51H35NS/c1-51(2)47-13-7-5-11-43(47)44-27-22-38(31-48(44)51)52(37-23-28-50-46(30-37)45-12-6-8-14-49(45)53-50)36-20-15-32(16-21-36)34-18-24-40-35(29-34)19-26-41-39-10-4-3-9-33(39)17-25-42(40)41/h3-31H,1-2H3. The van der Waals surface area contributed by atoms with Gasteiger partial charge in [-0.2, -0.15) is 0 Å². The van der Waals surface area contributed by atoms with Gasteiger partial charge in [0.15, 0.2) is 0 Å². The first-order chi connectivity index (χ1) is 26.0. The summed E-state index contributed by atoms with van der Waals surface area (Å²) in [4.78, 5) is 2.44. The van der Waals surface area contributed by atoms with Crippen molar-refractivity contribution in [3.8, 4) is 22.3 Å². The van der Waals surface area contributed by atoms with E-state index in [-0.39, 0.29) is 5.41 Å². The molecule has 1 aliphatic carbocycles. The van der Waals surface area contributed by atoms with Gasteiger partial charge in [0.1, 0.15) is 0 Å². The van der Waals surface area contributed by atoms with E-state index >= 15 is 0 Å². The van der Waals surface area contributed by atoms with E-state index in [1.807, 2.05) is 11.3 Å². The number of fused-ring (bicyclic) bond motifs is 11. The first-order valence-corrected chi connectivity index (χ1v) is 19.2. The Bertz CT molecular complexity index is 3090. The lowest BCUT2D eigenvalue weighted by atomic mass is 9.82. The molecule has 0 saturated heterocycles. The average Bonchev–Trinajstić information content (AvgIpc) is 3.69. The van der Waals surface area contributed by atoms with Crippen LogP contribution >= 0.6 is 11.3 Å². The molecular formula is C51H35NS.